The maximum Gasteiger partial charge on any atom is 0.214 e. The lowest BCUT2D eigenvalue weighted by molar-refractivity contribution is 0.00204. The SMILES string of the molecule is C.C.CC(C)C(O)C(C)C.CC(C)C1(O)CCCC1.CC(C)CC(C)(C)O.CC(C)NS(=O)(=O)C(C)C.CC(C)S(=O)(=O)NC(C)(C)C.CC(C)S(=O)(=O)NC1CC1.CCC(C)(C)C(C)C.CCCOC(C)C. The van der Waals surface area contributed by atoms with E-state index in [0.29, 0.717) is 35.2 Å². The van der Waals surface area contributed by atoms with Crippen LogP contribution in [0.1, 0.15) is 273 Å². The molecule has 0 radical (unpaired) electrons. The highest BCUT2D eigenvalue weighted by Gasteiger charge is 2.34. The van der Waals surface area contributed by atoms with Crippen LogP contribution in [0.3, 0.4) is 0 Å². The second-order valence-corrected chi connectivity index (χ2v) is 31.8. The van der Waals surface area contributed by atoms with Gasteiger partial charge in [0.2, 0.25) is 30.1 Å². The van der Waals surface area contributed by atoms with Crippen molar-refractivity contribution in [2.75, 3.05) is 6.61 Å². The summed E-state index contributed by atoms with van der Waals surface area (Å²) in [7, 11) is -9.14. The molecule has 0 unspecified atom stereocenters. The van der Waals surface area contributed by atoms with Gasteiger partial charge in [0.05, 0.1) is 39.2 Å². The molecule has 2 fully saturated rings. The molecule has 0 aliphatic heterocycles. The molecule has 0 heterocycles. The zero-order chi connectivity index (χ0) is 58.3. The molecule has 0 bridgehead atoms. The molecule has 6 N–H and O–H groups in total. The summed E-state index contributed by atoms with van der Waals surface area (Å²) in [4.78, 5) is 0. The Kier molecular flexibility index (Phi) is 51.9. The van der Waals surface area contributed by atoms with E-state index in [1.54, 1.807) is 55.4 Å². The smallest absolute Gasteiger partial charge is 0.214 e. The van der Waals surface area contributed by atoms with Crippen molar-refractivity contribution in [1.82, 2.24) is 14.2 Å². The van der Waals surface area contributed by atoms with Gasteiger partial charge in [0, 0.05) is 24.2 Å². The van der Waals surface area contributed by atoms with Crippen molar-refractivity contribution in [2.24, 2.45) is 35.0 Å². The summed E-state index contributed by atoms with van der Waals surface area (Å²) in [5, 5.41) is 27.2. The standard InChI is InChI=1S/C8H16O.C8H18.C7H17NO2S.2C7H16O.C6H13NO2S.C6H15NO2S.C6H14O.2CH4/c1-7(2)8(9)5-3-4-6-8;1-6-8(4,5)7(2)3;1-6(2)11(9,10)8-7(3,4)5;1-6(2)5-7(3,4)8;1-5(2)7(8)6(3)4;1-5(2)10(8,9)7-6-3-4-6;1-5(2)7-10(8,9)6(3)4;1-4-5-7-6(2)3;;/h7,9H,3-6H2,1-2H3;7H,6H2,1-5H3;6,8H,1-5H3;6,8H,5H2,1-4H3;5-8H,1-4H3;5-7H,3-4H2,1-2H3;5-7H,1-4H3;6H,4-5H2,1-3H3;2*1H4. The molecule has 0 amide bonds. The average Bonchev–Trinajstić information content (AvgIpc) is 3.85. The van der Waals surface area contributed by atoms with Gasteiger partial charge in [-0.2, -0.15) is 0 Å². The Morgan fingerprint density at radius 1 is 0.616 bits per heavy atom. The van der Waals surface area contributed by atoms with Crippen LogP contribution >= 0.6 is 0 Å². The van der Waals surface area contributed by atoms with Gasteiger partial charge in [-0.25, -0.2) is 39.4 Å². The van der Waals surface area contributed by atoms with Gasteiger partial charge < -0.3 is 20.1 Å². The Bertz CT molecular complexity index is 1540. The van der Waals surface area contributed by atoms with Crippen LogP contribution in [-0.2, 0) is 34.8 Å². The zero-order valence-electron chi connectivity index (χ0n) is 51.9. The largest absolute Gasteiger partial charge is 0.393 e. The number of ether oxygens (including phenoxy) is 1. The number of hydrogen-bond donors (Lipinski definition) is 6. The first-order valence-electron chi connectivity index (χ1n) is 27.2. The summed E-state index contributed by atoms with van der Waals surface area (Å²) in [5.74, 6) is 2.65. The first-order chi connectivity index (χ1) is 31.4. The summed E-state index contributed by atoms with van der Waals surface area (Å²) in [6.07, 6.45) is 10.0. The van der Waals surface area contributed by atoms with Crippen LogP contribution < -0.4 is 14.2 Å². The number of hydrogen-bond acceptors (Lipinski definition) is 10. The summed E-state index contributed by atoms with van der Waals surface area (Å²) >= 11 is 0. The molecule has 73 heavy (non-hydrogen) atoms. The van der Waals surface area contributed by atoms with Crippen molar-refractivity contribution in [1.29, 1.82) is 0 Å². The predicted molar refractivity (Wildman–Crippen MR) is 323 cm³/mol. The van der Waals surface area contributed by atoms with Gasteiger partial charge in [0.15, 0.2) is 0 Å². The Morgan fingerprint density at radius 3 is 1.10 bits per heavy atom. The van der Waals surface area contributed by atoms with E-state index in [1.807, 2.05) is 62.3 Å². The summed E-state index contributed by atoms with van der Waals surface area (Å²) in [5.41, 5.74) is -0.614. The number of rotatable bonds is 18. The molecule has 0 spiro atoms. The molecule has 16 heteroatoms. The second kappa shape index (κ2) is 42.5. The molecule has 2 aliphatic carbocycles. The first kappa shape index (κ1) is 89.2. The highest BCUT2D eigenvalue weighted by molar-refractivity contribution is 7.90. The molecule has 13 nitrogen and oxygen atoms in total. The Morgan fingerprint density at radius 2 is 0.986 bits per heavy atom. The number of aliphatic hydroxyl groups excluding tert-OH is 1. The minimum atomic E-state index is -3.11. The van der Waals surface area contributed by atoms with Crippen molar-refractivity contribution in [3.05, 3.63) is 0 Å². The lowest BCUT2D eigenvalue weighted by Gasteiger charge is -2.27. The summed E-state index contributed by atoms with van der Waals surface area (Å²) < 4.78 is 79.5. The van der Waals surface area contributed by atoms with E-state index in [-0.39, 0.29) is 59.9 Å². The van der Waals surface area contributed by atoms with Crippen molar-refractivity contribution in [3.63, 3.8) is 0 Å². The second-order valence-electron chi connectivity index (χ2n) is 25.1. The van der Waals surface area contributed by atoms with Gasteiger partial charge >= 0.3 is 0 Å². The lowest BCUT2D eigenvalue weighted by Crippen LogP contribution is -2.43. The summed E-state index contributed by atoms with van der Waals surface area (Å²) in [6.45, 7) is 57.9. The fraction of sp³-hybridized carbons (Fsp3) is 1.00. The maximum atomic E-state index is 11.2. The monoisotopic (exact) mass is 1120 g/mol. The first-order valence-corrected chi connectivity index (χ1v) is 31.9. The highest BCUT2D eigenvalue weighted by Crippen LogP contribution is 2.35. The van der Waals surface area contributed by atoms with E-state index in [9.17, 15) is 40.6 Å². The van der Waals surface area contributed by atoms with Crippen LogP contribution in [0.5, 0.6) is 0 Å². The van der Waals surface area contributed by atoms with Crippen LogP contribution in [-0.4, -0.2) is 104 Å². The molecular weight excluding hydrogens is 983 g/mol. The fourth-order valence-electron chi connectivity index (χ4n) is 5.67. The normalized spacial score (nSPS) is 14.8. The van der Waals surface area contributed by atoms with E-state index < -0.39 is 35.7 Å². The molecule has 0 aromatic rings. The van der Waals surface area contributed by atoms with Gasteiger partial charge in [0.1, 0.15) is 0 Å². The molecule has 0 aromatic heterocycles. The summed E-state index contributed by atoms with van der Waals surface area (Å²) in [6, 6.07) is 0.236. The third-order valence-electron chi connectivity index (χ3n) is 11.6. The van der Waals surface area contributed by atoms with Gasteiger partial charge in [-0.05, 0) is 177 Å². The molecule has 2 saturated carbocycles. The van der Waals surface area contributed by atoms with Crippen LogP contribution in [0, 0.1) is 35.0 Å². The van der Waals surface area contributed by atoms with Gasteiger partial charge in [-0.1, -0.05) is 131 Å². The van der Waals surface area contributed by atoms with Crippen LogP contribution in [0.25, 0.3) is 0 Å². The molecule has 2 aliphatic rings. The van der Waals surface area contributed by atoms with E-state index in [0.717, 1.165) is 51.0 Å². The minimum Gasteiger partial charge on any atom is -0.393 e. The van der Waals surface area contributed by atoms with Crippen molar-refractivity contribution in [3.8, 4) is 0 Å². The van der Waals surface area contributed by atoms with E-state index in [4.69, 9.17) is 4.74 Å². The van der Waals surface area contributed by atoms with Crippen LogP contribution in [0.15, 0.2) is 0 Å². The van der Waals surface area contributed by atoms with Crippen molar-refractivity contribution >= 4 is 30.1 Å². The van der Waals surface area contributed by atoms with Gasteiger partial charge in [-0.15, -0.1) is 0 Å². The number of aliphatic hydroxyl groups is 3. The lowest BCUT2D eigenvalue weighted by atomic mass is 9.79. The average molecular weight is 1120 g/mol. The molecule has 0 atom stereocenters. The quantitative estimate of drug-likeness (QED) is 0.0765. The molecule has 0 saturated heterocycles. The topological polar surface area (TPSA) is 208 Å². The van der Waals surface area contributed by atoms with Crippen LogP contribution in [0.2, 0.25) is 0 Å². The van der Waals surface area contributed by atoms with Crippen molar-refractivity contribution < 1.29 is 45.3 Å². The predicted octanol–water partition coefficient (Wildman–Crippen LogP) is 13.9. The minimum absolute atomic E-state index is 0. The molecule has 0 aromatic carbocycles. The molecule has 454 valence electrons. The molecular formula is C57H133N3O10S3. The van der Waals surface area contributed by atoms with E-state index >= 15 is 0 Å². The van der Waals surface area contributed by atoms with E-state index in [1.165, 1.54) is 19.3 Å². The third kappa shape index (κ3) is 57.6. The Labute approximate surface area is 459 Å². The van der Waals surface area contributed by atoms with Gasteiger partial charge in [-0.3, -0.25) is 0 Å². The third-order valence-corrected chi connectivity index (χ3v) is 17.6. The fourth-order valence-corrected chi connectivity index (χ4v) is 8.67. The van der Waals surface area contributed by atoms with Crippen LogP contribution in [0.4, 0.5) is 0 Å². The van der Waals surface area contributed by atoms with Crippen molar-refractivity contribution in [2.45, 2.75) is 330 Å². The molecule has 2 rings (SSSR count). The Balaban J connectivity index is -0.000000110. The van der Waals surface area contributed by atoms with Gasteiger partial charge in [0.25, 0.3) is 0 Å². The number of sulfonamides is 3. The Hall–Kier alpha value is -0.430. The maximum absolute atomic E-state index is 11.2. The number of nitrogens with one attached hydrogen (secondary N) is 3. The van der Waals surface area contributed by atoms with E-state index in [2.05, 4.69) is 97.3 Å². The zero-order valence-corrected chi connectivity index (χ0v) is 54.4. The highest BCUT2D eigenvalue weighted by atomic mass is 32.2.